The van der Waals surface area contributed by atoms with Gasteiger partial charge in [0.25, 0.3) is 0 Å². The van der Waals surface area contributed by atoms with Gasteiger partial charge in [-0.05, 0) is 70.1 Å². The third-order valence-corrected chi connectivity index (χ3v) is 12.1. The van der Waals surface area contributed by atoms with Gasteiger partial charge in [-0.2, -0.15) is 0 Å². The molecule has 0 atom stereocenters. The highest BCUT2D eigenvalue weighted by Gasteiger charge is 2.18. The van der Waals surface area contributed by atoms with Crippen LogP contribution in [0.1, 0.15) is 0 Å². The van der Waals surface area contributed by atoms with Gasteiger partial charge in [-0.15, -0.1) is 45.3 Å². The molecular weight excluding hydrogens is 625 g/mol. The molecule has 10 aromatic rings. The fourth-order valence-electron chi connectivity index (χ4n) is 5.45. The van der Waals surface area contributed by atoms with E-state index in [1.165, 1.54) is 20.2 Å². The first-order chi connectivity index (χ1) is 21.7. The van der Waals surface area contributed by atoms with Crippen molar-refractivity contribution >= 4 is 98.5 Å². The lowest BCUT2D eigenvalue weighted by molar-refractivity contribution is 0.621. The number of thiazole rings is 2. The lowest BCUT2D eigenvalue weighted by atomic mass is 10.1. The summed E-state index contributed by atoms with van der Waals surface area (Å²) in [5.74, 6) is 1.15. The van der Waals surface area contributed by atoms with Crippen LogP contribution in [0.25, 0.3) is 94.4 Å². The summed E-state index contributed by atoms with van der Waals surface area (Å²) in [6, 6.07) is 29.3. The lowest BCUT2D eigenvalue weighted by Gasteiger charge is -1.96. The molecule has 44 heavy (non-hydrogen) atoms. The number of fused-ring (bicyclic) bond motifs is 5. The average Bonchev–Trinajstić information content (AvgIpc) is 3.88. The number of thiophene rings is 2. The molecule has 0 radical (unpaired) electrons. The standard InChI is InChI=1S/C34H16N4O2S4/c1-3-7-25-17(5-1)13-27(41-25)33-35-15-29(43-33)31-37-21-9-19-12-24-22(10-20(19)11-23(21)39-31)38-32(40-24)30-16-36-34(44-30)28-14-18-6-2-4-8-26(18)42-28/h1-16H. The zero-order chi connectivity index (χ0) is 28.8. The van der Waals surface area contributed by atoms with Gasteiger partial charge in [0.15, 0.2) is 11.2 Å². The molecule has 10 rings (SSSR count). The maximum absolute atomic E-state index is 6.24. The SMILES string of the molecule is c1ccc2sc(-c3ncc(-c4nc5cc6cc7oc(-c8cnc(-c9cc%10ccccc%10s9)s8)nc7cc6cc5o4)s3)cc2c1. The fraction of sp³-hybridized carbons (Fsp3) is 0. The van der Waals surface area contributed by atoms with Crippen LogP contribution in [0.5, 0.6) is 0 Å². The van der Waals surface area contributed by atoms with Crippen molar-refractivity contribution in [1.29, 1.82) is 0 Å². The van der Waals surface area contributed by atoms with Gasteiger partial charge >= 0.3 is 0 Å². The molecule has 6 heterocycles. The normalized spacial score (nSPS) is 12.1. The van der Waals surface area contributed by atoms with E-state index in [4.69, 9.17) is 18.8 Å². The minimum atomic E-state index is 0.573. The van der Waals surface area contributed by atoms with Crippen molar-refractivity contribution in [2.45, 2.75) is 0 Å². The Morgan fingerprint density at radius 2 is 0.932 bits per heavy atom. The van der Waals surface area contributed by atoms with E-state index in [1.807, 2.05) is 36.7 Å². The summed E-state index contributed by atoms with van der Waals surface area (Å²) in [4.78, 5) is 23.1. The van der Waals surface area contributed by atoms with E-state index in [1.54, 1.807) is 45.3 Å². The number of aromatic nitrogens is 4. The molecule has 0 unspecified atom stereocenters. The Morgan fingerprint density at radius 1 is 0.455 bits per heavy atom. The molecule has 0 fully saturated rings. The topological polar surface area (TPSA) is 77.8 Å². The molecular formula is C34H16N4O2S4. The highest BCUT2D eigenvalue weighted by molar-refractivity contribution is 7.27. The monoisotopic (exact) mass is 640 g/mol. The summed E-state index contributed by atoms with van der Waals surface area (Å²) >= 11 is 6.68. The van der Waals surface area contributed by atoms with Crippen LogP contribution in [-0.2, 0) is 0 Å². The first-order valence-electron chi connectivity index (χ1n) is 13.8. The second-order valence-electron chi connectivity index (χ2n) is 10.4. The number of oxazole rings is 2. The van der Waals surface area contributed by atoms with Gasteiger partial charge in [0.05, 0.1) is 22.1 Å². The van der Waals surface area contributed by atoms with Crippen molar-refractivity contribution in [2.24, 2.45) is 0 Å². The van der Waals surface area contributed by atoms with Crippen molar-refractivity contribution in [3.05, 3.63) is 97.3 Å². The number of nitrogens with zero attached hydrogens (tertiary/aromatic N) is 4. The van der Waals surface area contributed by atoms with Gasteiger partial charge in [0.1, 0.15) is 30.8 Å². The van der Waals surface area contributed by atoms with Gasteiger partial charge < -0.3 is 8.83 Å². The van der Waals surface area contributed by atoms with Crippen LogP contribution in [0.2, 0.25) is 0 Å². The third kappa shape index (κ3) is 3.96. The molecule has 6 aromatic heterocycles. The van der Waals surface area contributed by atoms with Gasteiger partial charge in [0, 0.05) is 9.40 Å². The maximum atomic E-state index is 6.24. The second kappa shape index (κ2) is 9.38. The summed E-state index contributed by atoms with van der Waals surface area (Å²) < 4.78 is 15.0. The Balaban J connectivity index is 0.980. The fourth-order valence-corrected chi connectivity index (χ4v) is 9.37. The Bertz CT molecular complexity index is 2390. The lowest BCUT2D eigenvalue weighted by Crippen LogP contribution is -1.76. The first kappa shape index (κ1) is 24.7. The van der Waals surface area contributed by atoms with Crippen molar-refractivity contribution in [3.8, 4) is 41.3 Å². The Labute approximate surface area is 264 Å². The Kier molecular flexibility index (Phi) is 5.26. The average molecular weight is 641 g/mol. The molecule has 0 saturated carbocycles. The molecule has 0 N–H and O–H groups in total. The maximum Gasteiger partial charge on any atom is 0.239 e. The van der Waals surface area contributed by atoms with Crippen LogP contribution in [0, 0.1) is 0 Å². The van der Waals surface area contributed by atoms with Crippen molar-refractivity contribution < 1.29 is 8.83 Å². The van der Waals surface area contributed by atoms with Gasteiger partial charge in [-0.1, -0.05) is 36.4 Å². The highest BCUT2D eigenvalue weighted by Crippen LogP contribution is 2.41. The zero-order valence-corrected chi connectivity index (χ0v) is 25.7. The third-order valence-electron chi connectivity index (χ3n) is 7.56. The molecule has 10 heteroatoms. The molecule has 0 amide bonds. The van der Waals surface area contributed by atoms with Crippen molar-refractivity contribution in [1.82, 2.24) is 19.9 Å². The smallest absolute Gasteiger partial charge is 0.239 e. The quantitative estimate of drug-likeness (QED) is 0.190. The Morgan fingerprint density at radius 3 is 1.41 bits per heavy atom. The van der Waals surface area contributed by atoms with E-state index in [2.05, 4.69) is 70.6 Å². The first-order valence-corrected chi connectivity index (χ1v) is 17.0. The number of rotatable bonds is 4. The summed E-state index contributed by atoms with van der Waals surface area (Å²) in [7, 11) is 0. The van der Waals surface area contributed by atoms with Crippen molar-refractivity contribution in [2.75, 3.05) is 0 Å². The van der Waals surface area contributed by atoms with E-state index in [-0.39, 0.29) is 0 Å². The van der Waals surface area contributed by atoms with Crippen LogP contribution in [0.15, 0.2) is 106 Å². The van der Waals surface area contributed by atoms with Crippen LogP contribution < -0.4 is 0 Å². The van der Waals surface area contributed by atoms with E-state index in [0.29, 0.717) is 11.8 Å². The number of benzene rings is 4. The Hall–Kier alpha value is -4.74. The zero-order valence-electron chi connectivity index (χ0n) is 22.5. The molecule has 0 aliphatic carbocycles. The second-order valence-corrected chi connectivity index (χ2v) is 14.6. The van der Waals surface area contributed by atoms with Gasteiger partial charge in [-0.3, -0.25) is 0 Å². The van der Waals surface area contributed by atoms with Crippen LogP contribution >= 0.6 is 45.3 Å². The predicted octanol–water partition coefficient (Wildman–Crippen LogP) is 11.1. The minimum absolute atomic E-state index is 0.573. The predicted molar refractivity (Wildman–Crippen MR) is 183 cm³/mol. The van der Waals surface area contributed by atoms with Crippen LogP contribution in [0.3, 0.4) is 0 Å². The summed E-state index contributed by atoms with van der Waals surface area (Å²) in [5.41, 5.74) is 3.03. The van der Waals surface area contributed by atoms with E-state index in [9.17, 15) is 0 Å². The molecule has 0 aliphatic heterocycles. The molecule has 0 bridgehead atoms. The van der Waals surface area contributed by atoms with Crippen LogP contribution in [0.4, 0.5) is 0 Å². The summed E-state index contributed by atoms with van der Waals surface area (Å²) in [6.45, 7) is 0. The minimum Gasteiger partial charge on any atom is -0.435 e. The molecule has 208 valence electrons. The highest BCUT2D eigenvalue weighted by atomic mass is 32.1. The summed E-state index contributed by atoms with van der Waals surface area (Å²) in [5, 5.41) is 6.42. The van der Waals surface area contributed by atoms with E-state index in [0.717, 1.165) is 62.5 Å². The molecule has 0 aliphatic rings. The molecule has 0 spiro atoms. The van der Waals surface area contributed by atoms with E-state index < -0.39 is 0 Å². The number of hydrogen-bond donors (Lipinski definition) is 0. The van der Waals surface area contributed by atoms with Crippen molar-refractivity contribution in [3.63, 3.8) is 0 Å². The molecule has 4 aromatic carbocycles. The van der Waals surface area contributed by atoms with Crippen LogP contribution in [-0.4, -0.2) is 19.9 Å². The van der Waals surface area contributed by atoms with Gasteiger partial charge in [0.2, 0.25) is 11.8 Å². The van der Waals surface area contributed by atoms with E-state index >= 15 is 0 Å². The largest absolute Gasteiger partial charge is 0.435 e. The molecule has 0 saturated heterocycles. The summed E-state index contributed by atoms with van der Waals surface area (Å²) in [6.07, 6.45) is 3.69. The number of hydrogen-bond acceptors (Lipinski definition) is 10. The molecule has 6 nitrogen and oxygen atoms in total. The van der Waals surface area contributed by atoms with Gasteiger partial charge in [-0.25, -0.2) is 19.9 Å².